The molecule has 39 heavy (non-hydrogen) atoms. The van der Waals surface area contributed by atoms with Crippen LogP contribution >= 0.6 is 0 Å². The zero-order valence-corrected chi connectivity index (χ0v) is 22.6. The maximum Gasteiger partial charge on any atom is 0.258 e. The van der Waals surface area contributed by atoms with Crippen molar-refractivity contribution >= 4 is 17.7 Å². The lowest BCUT2D eigenvalue weighted by molar-refractivity contribution is -0.136. The maximum absolute atomic E-state index is 14.5. The quantitative estimate of drug-likeness (QED) is 0.619. The molecule has 9 nitrogen and oxygen atoms in total. The highest BCUT2D eigenvalue weighted by Gasteiger charge is 2.34. The molecular weight excluding hydrogens is 505 g/mol. The second kappa shape index (κ2) is 12.8. The molecule has 3 amide bonds. The largest absolute Gasteiger partial charge is 0.493 e. The van der Waals surface area contributed by atoms with Crippen LogP contribution < -0.4 is 24.8 Å². The number of carbonyl (C=O) groups excluding carboxylic acids is 3. The number of carbonyl (C=O) groups is 3. The molecule has 0 spiro atoms. The van der Waals surface area contributed by atoms with Gasteiger partial charge in [-0.25, -0.2) is 4.39 Å². The van der Waals surface area contributed by atoms with E-state index in [2.05, 4.69) is 10.6 Å². The van der Waals surface area contributed by atoms with Gasteiger partial charge >= 0.3 is 0 Å². The van der Waals surface area contributed by atoms with E-state index in [-0.39, 0.29) is 49.8 Å². The summed E-state index contributed by atoms with van der Waals surface area (Å²) in [4.78, 5) is 40.0. The molecule has 1 fully saturated rings. The first-order valence-corrected chi connectivity index (χ1v) is 13.3. The molecule has 2 N–H and O–H groups in total. The third kappa shape index (κ3) is 7.84. The lowest BCUT2D eigenvalue weighted by Gasteiger charge is -2.39. The highest BCUT2D eigenvalue weighted by atomic mass is 19.1. The first-order valence-electron chi connectivity index (χ1n) is 13.3. The smallest absolute Gasteiger partial charge is 0.258 e. The summed E-state index contributed by atoms with van der Waals surface area (Å²) in [6, 6.07) is 9.09. The summed E-state index contributed by atoms with van der Waals surface area (Å²) in [5.41, 5.74) is 1.40. The number of benzene rings is 2. The molecule has 2 atom stereocenters. The number of halogens is 1. The minimum Gasteiger partial charge on any atom is -0.493 e. The van der Waals surface area contributed by atoms with Gasteiger partial charge in [-0.3, -0.25) is 14.4 Å². The molecule has 0 radical (unpaired) electrons. The van der Waals surface area contributed by atoms with Gasteiger partial charge in [0.1, 0.15) is 17.7 Å². The molecular formula is C29H36FN3O6. The van der Waals surface area contributed by atoms with E-state index in [1.807, 2.05) is 19.9 Å². The Bertz CT molecular complexity index is 1200. The fourth-order valence-electron chi connectivity index (χ4n) is 4.81. The van der Waals surface area contributed by atoms with E-state index in [4.69, 9.17) is 14.2 Å². The number of likely N-dealkylation sites (tertiary alicyclic amines) is 1. The number of nitrogens with one attached hydrogen (secondary N) is 2. The summed E-state index contributed by atoms with van der Waals surface area (Å²) in [5, 5.41) is 5.79. The average molecular weight is 542 g/mol. The number of methoxy groups -OCH3 is 1. The van der Waals surface area contributed by atoms with Crippen LogP contribution in [0.15, 0.2) is 36.4 Å². The third-order valence-corrected chi connectivity index (χ3v) is 6.77. The molecule has 210 valence electrons. The highest BCUT2D eigenvalue weighted by molar-refractivity contribution is 5.79. The van der Waals surface area contributed by atoms with Crippen molar-refractivity contribution in [3.63, 3.8) is 0 Å². The van der Waals surface area contributed by atoms with Crippen molar-refractivity contribution in [1.82, 2.24) is 15.5 Å². The van der Waals surface area contributed by atoms with E-state index in [9.17, 15) is 18.8 Å². The second-order valence-corrected chi connectivity index (χ2v) is 10.4. The summed E-state index contributed by atoms with van der Waals surface area (Å²) >= 11 is 0. The number of fused-ring (bicyclic) bond motifs is 5. The van der Waals surface area contributed by atoms with Crippen LogP contribution in [-0.4, -0.2) is 61.6 Å². The van der Waals surface area contributed by atoms with Gasteiger partial charge in [0.15, 0.2) is 18.1 Å². The molecule has 2 heterocycles. The maximum atomic E-state index is 14.5. The van der Waals surface area contributed by atoms with Crippen LogP contribution in [0.5, 0.6) is 17.2 Å². The lowest BCUT2D eigenvalue weighted by Crippen LogP contribution is -2.58. The predicted molar refractivity (Wildman–Crippen MR) is 142 cm³/mol. The summed E-state index contributed by atoms with van der Waals surface area (Å²) in [6.45, 7) is 4.55. The molecule has 2 aromatic rings. The fourth-order valence-corrected chi connectivity index (χ4v) is 4.81. The average Bonchev–Trinajstić information content (AvgIpc) is 2.89. The van der Waals surface area contributed by atoms with Crippen molar-refractivity contribution < 1.29 is 33.0 Å². The molecule has 1 saturated heterocycles. The van der Waals surface area contributed by atoms with Crippen LogP contribution in [0.3, 0.4) is 0 Å². The summed E-state index contributed by atoms with van der Waals surface area (Å²) in [6.07, 6.45) is 1.03. The highest BCUT2D eigenvalue weighted by Crippen LogP contribution is 2.29. The zero-order valence-electron chi connectivity index (χ0n) is 22.6. The van der Waals surface area contributed by atoms with Crippen LogP contribution in [0, 0.1) is 11.7 Å². The molecule has 0 unspecified atom stereocenters. The van der Waals surface area contributed by atoms with Gasteiger partial charge < -0.3 is 29.7 Å². The summed E-state index contributed by atoms with van der Waals surface area (Å²) in [5.74, 6) is 0.310. The van der Waals surface area contributed by atoms with Gasteiger partial charge in [-0.1, -0.05) is 19.9 Å². The molecule has 2 aromatic carbocycles. The summed E-state index contributed by atoms with van der Waals surface area (Å²) < 4.78 is 31.8. The number of hydrogen-bond acceptors (Lipinski definition) is 6. The number of nitrogens with zero attached hydrogens (tertiary/aromatic N) is 1. The Kier molecular flexibility index (Phi) is 9.27. The minimum absolute atomic E-state index is 0.0127. The van der Waals surface area contributed by atoms with Gasteiger partial charge in [0.2, 0.25) is 11.8 Å². The van der Waals surface area contributed by atoms with Crippen LogP contribution in [0.2, 0.25) is 0 Å². The van der Waals surface area contributed by atoms with E-state index in [1.54, 1.807) is 23.1 Å². The number of amides is 3. The van der Waals surface area contributed by atoms with Gasteiger partial charge in [0, 0.05) is 45.0 Å². The Morgan fingerprint density at radius 2 is 1.95 bits per heavy atom. The van der Waals surface area contributed by atoms with E-state index in [0.29, 0.717) is 48.6 Å². The summed E-state index contributed by atoms with van der Waals surface area (Å²) in [7, 11) is 1.51. The third-order valence-electron chi connectivity index (χ3n) is 6.77. The molecule has 2 aliphatic heterocycles. The number of piperidine rings is 1. The topological polar surface area (TPSA) is 106 Å². The number of ether oxygens (including phenoxy) is 3. The number of aryl methyl sites for hydroxylation is 1. The van der Waals surface area contributed by atoms with Crippen molar-refractivity contribution in [2.24, 2.45) is 5.92 Å². The van der Waals surface area contributed by atoms with E-state index >= 15 is 0 Å². The second-order valence-electron chi connectivity index (χ2n) is 10.4. The van der Waals surface area contributed by atoms with Crippen LogP contribution in [0.4, 0.5) is 4.39 Å². The molecule has 2 aliphatic rings. The monoisotopic (exact) mass is 541 g/mol. The van der Waals surface area contributed by atoms with Crippen LogP contribution in [-0.2, 0) is 27.3 Å². The van der Waals surface area contributed by atoms with Gasteiger partial charge in [0.05, 0.1) is 13.2 Å². The standard InChI is InChI=1S/C29H36FN3O6/c1-18(2)10-29(36)33-9-8-24-23(16-33)32-28(35)17-38-26-13-19(4-6-25(26)37-3)5-7-27(34)31-15-20-11-21(30)14-22(12-20)39-24/h4,6,11-14,18,23-24H,5,7-10,15-17H2,1-3H3,(H,31,34)(H,32,35)/t23-,24-/m1/s1. The van der Waals surface area contributed by atoms with E-state index in [1.165, 1.54) is 19.2 Å². The number of rotatable bonds is 3. The van der Waals surface area contributed by atoms with Gasteiger partial charge in [-0.15, -0.1) is 0 Å². The Morgan fingerprint density at radius 1 is 1.13 bits per heavy atom. The van der Waals surface area contributed by atoms with Crippen LogP contribution in [0.25, 0.3) is 0 Å². The Labute approximate surface area is 228 Å². The SMILES string of the molecule is COc1ccc2cc1OCC(=O)N[C@@H]1CN(C(=O)CC(C)C)CC[C@H]1Oc1cc(F)cc(c1)CNC(=O)CC2. The molecule has 10 heteroatoms. The van der Waals surface area contributed by atoms with Crippen LogP contribution in [0.1, 0.15) is 44.2 Å². The Balaban J connectivity index is 1.60. The number of hydrogen-bond donors (Lipinski definition) is 2. The van der Waals surface area contributed by atoms with Crippen molar-refractivity contribution in [3.05, 3.63) is 53.3 Å². The molecule has 0 saturated carbocycles. The first kappa shape index (κ1) is 28.2. The fraction of sp³-hybridized carbons (Fsp3) is 0.483. The van der Waals surface area contributed by atoms with E-state index < -0.39 is 18.0 Å². The molecule has 4 rings (SSSR count). The molecule has 4 bridgehead atoms. The van der Waals surface area contributed by atoms with Crippen molar-refractivity contribution in [1.29, 1.82) is 0 Å². The van der Waals surface area contributed by atoms with Gasteiger partial charge in [-0.2, -0.15) is 0 Å². The molecule has 0 aliphatic carbocycles. The minimum atomic E-state index is -0.538. The van der Waals surface area contributed by atoms with Crippen molar-refractivity contribution in [2.75, 3.05) is 26.8 Å². The van der Waals surface area contributed by atoms with Crippen molar-refractivity contribution in [2.45, 2.75) is 58.2 Å². The lowest BCUT2D eigenvalue weighted by atomic mass is 10.00. The Hall–Kier alpha value is -3.82. The Morgan fingerprint density at radius 3 is 2.72 bits per heavy atom. The predicted octanol–water partition coefficient (Wildman–Crippen LogP) is 2.99. The van der Waals surface area contributed by atoms with Gasteiger partial charge in [-0.05, 0) is 47.7 Å². The molecule has 0 aromatic heterocycles. The first-order chi connectivity index (χ1) is 18.7. The van der Waals surface area contributed by atoms with Crippen molar-refractivity contribution in [3.8, 4) is 17.2 Å². The normalized spacial score (nSPS) is 20.4. The van der Waals surface area contributed by atoms with E-state index in [0.717, 1.165) is 5.56 Å². The zero-order chi connectivity index (χ0) is 27.9. The van der Waals surface area contributed by atoms with Gasteiger partial charge in [0.25, 0.3) is 5.91 Å².